The quantitative estimate of drug-likeness (QED) is 0.618. The van der Waals surface area contributed by atoms with Crippen LogP contribution in [0.25, 0.3) is 0 Å². The third-order valence-corrected chi connectivity index (χ3v) is 8.11. The van der Waals surface area contributed by atoms with Gasteiger partial charge in [-0.1, -0.05) is 6.92 Å². The van der Waals surface area contributed by atoms with E-state index in [0.717, 1.165) is 57.5 Å². The second-order valence-corrected chi connectivity index (χ2v) is 11.1. The summed E-state index contributed by atoms with van der Waals surface area (Å²) in [4.78, 5) is 18.5. The first-order valence-corrected chi connectivity index (χ1v) is 13.0. The molecule has 7 nitrogen and oxygen atoms in total. The zero-order chi connectivity index (χ0) is 21.4. The number of nitrogens with zero attached hydrogens (tertiary/aromatic N) is 2. The molecule has 1 aromatic heterocycles. The number of rotatable bonds is 8. The topological polar surface area (TPSA) is 85.8 Å². The van der Waals surface area contributed by atoms with Gasteiger partial charge in [0.2, 0.25) is 5.88 Å². The van der Waals surface area contributed by atoms with Crippen LogP contribution in [-0.4, -0.2) is 55.9 Å². The number of aromatic nitrogens is 1. The molecular formula is C22H32N2O5S. The molecule has 0 bridgehead atoms. The second kappa shape index (κ2) is 8.36. The first-order chi connectivity index (χ1) is 14.3. The largest absolute Gasteiger partial charge is 0.478 e. The lowest BCUT2D eigenvalue weighted by atomic mass is 9.91. The fraction of sp³-hybridized carbons (Fsp3) is 0.727. The van der Waals surface area contributed by atoms with Gasteiger partial charge in [-0.3, -0.25) is 0 Å². The number of sulfone groups is 1. The SMILES string of the molecule is CCC1(OC(=O)N2CCC([C@H]3C[C@H]3CCOc3ccc(S(C)(=O)=O)cn3)CC2)CC1. The van der Waals surface area contributed by atoms with Crippen molar-refractivity contribution in [3.05, 3.63) is 18.3 Å². The molecule has 3 aliphatic rings. The molecule has 0 unspecified atom stereocenters. The zero-order valence-corrected chi connectivity index (χ0v) is 18.7. The van der Waals surface area contributed by atoms with E-state index in [1.54, 1.807) is 6.07 Å². The first-order valence-electron chi connectivity index (χ1n) is 11.1. The van der Waals surface area contributed by atoms with Gasteiger partial charge in [-0.25, -0.2) is 18.2 Å². The van der Waals surface area contributed by atoms with E-state index in [1.165, 1.54) is 24.9 Å². The molecule has 1 aliphatic heterocycles. The predicted molar refractivity (Wildman–Crippen MR) is 112 cm³/mol. The number of likely N-dealkylation sites (tertiary alicyclic amines) is 1. The number of carbonyl (C=O) groups excluding carboxylic acids is 1. The van der Waals surface area contributed by atoms with Crippen molar-refractivity contribution >= 4 is 15.9 Å². The molecule has 1 aromatic rings. The number of pyridine rings is 1. The smallest absolute Gasteiger partial charge is 0.410 e. The Hall–Kier alpha value is -1.83. The number of carbonyl (C=O) groups is 1. The third-order valence-electron chi connectivity index (χ3n) is 7.01. The summed E-state index contributed by atoms with van der Waals surface area (Å²) >= 11 is 0. The lowest BCUT2D eigenvalue weighted by Gasteiger charge is -2.32. The summed E-state index contributed by atoms with van der Waals surface area (Å²) in [5, 5.41) is 0. The summed E-state index contributed by atoms with van der Waals surface area (Å²) in [6, 6.07) is 3.14. The Kier molecular flexibility index (Phi) is 5.97. The van der Waals surface area contributed by atoms with Crippen LogP contribution < -0.4 is 4.74 Å². The minimum Gasteiger partial charge on any atom is -0.478 e. The molecule has 1 saturated heterocycles. The number of ether oxygens (including phenoxy) is 2. The van der Waals surface area contributed by atoms with Gasteiger partial charge in [0.05, 0.1) is 11.5 Å². The van der Waals surface area contributed by atoms with Crippen molar-refractivity contribution in [3.63, 3.8) is 0 Å². The van der Waals surface area contributed by atoms with Crippen LogP contribution in [0.1, 0.15) is 51.9 Å². The van der Waals surface area contributed by atoms with Gasteiger partial charge in [-0.05, 0) is 68.8 Å². The van der Waals surface area contributed by atoms with Gasteiger partial charge >= 0.3 is 6.09 Å². The number of hydrogen-bond donors (Lipinski definition) is 0. The van der Waals surface area contributed by atoms with Crippen molar-refractivity contribution in [1.82, 2.24) is 9.88 Å². The summed E-state index contributed by atoms with van der Waals surface area (Å²) in [5.74, 6) is 2.57. The van der Waals surface area contributed by atoms with Crippen molar-refractivity contribution in [2.75, 3.05) is 26.0 Å². The molecule has 2 heterocycles. The molecular weight excluding hydrogens is 404 g/mol. The predicted octanol–water partition coefficient (Wildman–Crippen LogP) is 3.68. The van der Waals surface area contributed by atoms with E-state index in [0.29, 0.717) is 24.3 Å². The van der Waals surface area contributed by atoms with Crippen molar-refractivity contribution in [3.8, 4) is 5.88 Å². The van der Waals surface area contributed by atoms with E-state index in [-0.39, 0.29) is 16.6 Å². The van der Waals surface area contributed by atoms with Crippen LogP contribution in [0.15, 0.2) is 23.2 Å². The molecule has 4 rings (SSSR count). The van der Waals surface area contributed by atoms with Crippen molar-refractivity contribution < 1.29 is 22.7 Å². The Balaban J connectivity index is 1.14. The molecule has 0 radical (unpaired) electrons. The average molecular weight is 437 g/mol. The van der Waals surface area contributed by atoms with Crippen molar-refractivity contribution in [1.29, 1.82) is 0 Å². The van der Waals surface area contributed by atoms with E-state index in [2.05, 4.69) is 11.9 Å². The first kappa shape index (κ1) is 21.4. The Morgan fingerprint density at radius 1 is 1.27 bits per heavy atom. The Bertz CT molecular complexity index is 858. The maximum atomic E-state index is 12.4. The van der Waals surface area contributed by atoms with Crippen LogP contribution >= 0.6 is 0 Å². The van der Waals surface area contributed by atoms with Gasteiger partial charge in [-0.15, -0.1) is 0 Å². The highest BCUT2D eigenvalue weighted by molar-refractivity contribution is 7.90. The monoisotopic (exact) mass is 436 g/mol. The summed E-state index contributed by atoms with van der Waals surface area (Å²) in [6.07, 6.45) is 9.66. The zero-order valence-electron chi connectivity index (χ0n) is 17.9. The molecule has 2 atom stereocenters. The Morgan fingerprint density at radius 2 is 2.00 bits per heavy atom. The van der Waals surface area contributed by atoms with Gasteiger partial charge in [0.15, 0.2) is 9.84 Å². The third kappa shape index (κ3) is 5.07. The van der Waals surface area contributed by atoms with Crippen LogP contribution in [0, 0.1) is 17.8 Å². The minimum absolute atomic E-state index is 0.122. The summed E-state index contributed by atoms with van der Waals surface area (Å²) in [7, 11) is -3.23. The van der Waals surface area contributed by atoms with E-state index in [1.807, 2.05) is 4.90 Å². The van der Waals surface area contributed by atoms with Gasteiger partial charge in [-0.2, -0.15) is 0 Å². The van der Waals surface area contributed by atoms with Crippen LogP contribution in [0.3, 0.4) is 0 Å². The van der Waals surface area contributed by atoms with Crippen LogP contribution in [0.4, 0.5) is 4.79 Å². The fourth-order valence-electron chi connectivity index (χ4n) is 4.59. The highest BCUT2D eigenvalue weighted by atomic mass is 32.2. The molecule has 8 heteroatoms. The van der Waals surface area contributed by atoms with Crippen molar-refractivity contribution in [2.24, 2.45) is 17.8 Å². The Morgan fingerprint density at radius 3 is 2.57 bits per heavy atom. The molecule has 0 spiro atoms. The number of piperidine rings is 1. The normalized spacial score (nSPS) is 25.6. The maximum Gasteiger partial charge on any atom is 0.410 e. The van der Waals surface area contributed by atoms with E-state index in [4.69, 9.17) is 9.47 Å². The van der Waals surface area contributed by atoms with Gasteiger partial charge in [0.1, 0.15) is 5.60 Å². The summed E-state index contributed by atoms with van der Waals surface area (Å²) in [6.45, 7) is 4.29. The average Bonchev–Trinajstić information content (AvgIpc) is 3.65. The molecule has 2 aliphatic carbocycles. The molecule has 3 fully saturated rings. The fourth-order valence-corrected chi connectivity index (χ4v) is 5.15. The van der Waals surface area contributed by atoms with Crippen LogP contribution in [0.2, 0.25) is 0 Å². The van der Waals surface area contributed by atoms with E-state index in [9.17, 15) is 13.2 Å². The summed E-state index contributed by atoms with van der Waals surface area (Å²) < 4.78 is 34.4. The molecule has 166 valence electrons. The maximum absolute atomic E-state index is 12.4. The highest BCUT2D eigenvalue weighted by Crippen LogP contribution is 2.50. The van der Waals surface area contributed by atoms with Gasteiger partial charge in [0, 0.05) is 31.6 Å². The van der Waals surface area contributed by atoms with Gasteiger partial charge < -0.3 is 14.4 Å². The van der Waals surface area contributed by atoms with E-state index >= 15 is 0 Å². The number of hydrogen-bond acceptors (Lipinski definition) is 6. The molecule has 2 saturated carbocycles. The minimum atomic E-state index is -3.23. The molecule has 1 amide bonds. The summed E-state index contributed by atoms with van der Waals surface area (Å²) in [5.41, 5.74) is -0.157. The van der Waals surface area contributed by atoms with Crippen molar-refractivity contribution in [2.45, 2.75) is 62.4 Å². The second-order valence-electron chi connectivity index (χ2n) is 9.13. The standard InChI is InChI=1S/C22H32N2O5S/c1-3-22(9-10-22)29-21(25)24-11-6-16(7-12-24)19-14-17(19)8-13-28-20-5-4-18(15-23-20)30(2,26)27/h4-5,15-17,19H,3,6-14H2,1-2H3/t17-,19-/m1/s1. The molecule has 0 aromatic carbocycles. The lowest BCUT2D eigenvalue weighted by molar-refractivity contribution is 0.0381. The molecule has 30 heavy (non-hydrogen) atoms. The Labute approximate surface area is 179 Å². The van der Waals surface area contributed by atoms with Crippen LogP contribution in [0.5, 0.6) is 5.88 Å². The van der Waals surface area contributed by atoms with Crippen LogP contribution in [-0.2, 0) is 14.6 Å². The highest BCUT2D eigenvalue weighted by Gasteiger charge is 2.47. The van der Waals surface area contributed by atoms with E-state index < -0.39 is 9.84 Å². The van der Waals surface area contributed by atoms with Gasteiger partial charge in [0.25, 0.3) is 0 Å². The molecule has 0 N–H and O–H groups in total. The number of amides is 1. The lowest BCUT2D eigenvalue weighted by Crippen LogP contribution is -2.41.